The lowest BCUT2D eigenvalue weighted by atomic mass is 9.86. The largest absolute Gasteiger partial charge is 0.497 e. The topological polar surface area (TPSA) is 67.5 Å². The Morgan fingerprint density at radius 3 is 2.45 bits per heavy atom. The molecule has 6 heteroatoms. The summed E-state index contributed by atoms with van der Waals surface area (Å²) in [7, 11) is 3.32. The zero-order chi connectivity index (χ0) is 23.2. The summed E-state index contributed by atoms with van der Waals surface area (Å²) in [6.45, 7) is 4.59. The molecule has 0 spiro atoms. The van der Waals surface area contributed by atoms with Crippen LogP contribution in [0, 0.1) is 0 Å². The number of hydrogen-bond donors (Lipinski definition) is 1. The Bertz CT molecular complexity index is 1340. The van der Waals surface area contributed by atoms with Gasteiger partial charge in [-0.2, -0.15) is 0 Å². The number of rotatable bonds is 6. The summed E-state index contributed by atoms with van der Waals surface area (Å²) >= 11 is 0. The number of amides is 1. The predicted octanol–water partition coefficient (Wildman–Crippen LogP) is 5.11. The van der Waals surface area contributed by atoms with Crippen molar-refractivity contribution in [1.82, 2.24) is 9.97 Å². The van der Waals surface area contributed by atoms with E-state index >= 15 is 0 Å². The molecule has 0 saturated carbocycles. The number of hydrogen-bond acceptors (Lipinski definition) is 4. The number of aromatic nitrogens is 2. The van der Waals surface area contributed by atoms with E-state index < -0.39 is 5.41 Å². The molecule has 0 aliphatic carbocycles. The normalized spacial score (nSPS) is 14.5. The van der Waals surface area contributed by atoms with E-state index in [1.54, 1.807) is 14.2 Å². The summed E-state index contributed by atoms with van der Waals surface area (Å²) in [4.78, 5) is 23.5. The first-order valence-electron chi connectivity index (χ1n) is 11.0. The van der Waals surface area contributed by atoms with Gasteiger partial charge >= 0.3 is 0 Å². The van der Waals surface area contributed by atoms with Crippen LogP contribution in [0.5, 0.6) is 11.5 Å². The molecule has 3 aromatic carbocycles. The first-order valence-corrected chi connectivity index (χ1v) is 11.0. The Labute approximate surface area is 193 Å². The van der Waals surface area contributed by atoms with E-state index in [0.29, 0.717) is 6.54 Å². The summed E-state index contributed by atoms with van der Waals surface area (Å²) in [5.74, 6) is 2.54. The molecular formula is C27H27N3O3. The highest BCUT2D eigenvalue weighted by Crippen LogP contribution is 2.43. The van der Waals surface area contributed by atoms with E-state index in [1.165, 1.54) is 0 Å². The maximum atomic E-state index is 13.3. The number of nitrogens with one attached hydrogen (secondary N) is 1. The zero-order valence-corrected chi connectivity index (χ0v) is 19.3. The number of benzene rings is 3. The van der Waals surface area contributed by atoms with Crippen LogP contribution >= 0.6 is 0 Å². The second-order valence-corrected chi connectivity index (χ2v) is 8.88. The van der Waals surface area contributed by atoms with E-state index in [0.717, 1.165) is 57.2 Å². The van der Waals surface area contributed by atoms with Crippen LogP contribution in [0.2, 0.25) is 0 Å². The molecule has 1 amide bonds. The molecule has 0 unspecified atom stereocenters. The highest BCUT2D eigenvalue weighted by Gasteiger charge is 2.44. The summed E-state index contributed by atoms with van der Waals surface area (Å²) in [5, 5.41) is 0. The van der Waals surface area contributed by atoms with Crippen molar-refractivity contribution in [3.05, 3.63) is 71.8 Å². The number of carbonyl (C=O) groups excluding carboxylic acids is 1. The van der Waals surface area contributed by atoms with Gasteiger partial charge in [-0.1, -0.05) is 12.1 Å². The molecule has 33 heavy (non-hydrogen) atoms. The Morgan fingerprint density at radius 1 is 0.970 bits per heavy atom. The Balaban J connectivity index is 1.49. The SMILES string of the molecule is COc1ccc(-c2nc3cc4c(cc3[nH]2)C(C)(C)C(=O)N4CCc2cccc(OC)c2)cc1. The van der Waals surface area contributed by atoms with E-state index in [9.17, 15) is 4.79 Å². The standard InChI is InChI=1S/C27H27N3O3/c1-27(2)21-15-22-23(29-25(28-22)18-8-10-19(32-3)11-9-18)16-24(21)30(26(27)31)13-12-17-6-5-7-20(14-17)33-4/h5-11,14-16H,12-13H2,1-4H3,(H,28,29). The van der Waals surface area contributed by atoms with Crippen LogP contribution in [-0.2, 0) is 16.6 Å². The molecule has 1 aromatic heterocycles. The van der Waals surface area contributed by atoms with E-state index in [-0.39, 0.29) is 5.91 Å². The van der Waals surface area contributed by atoms with Crippen LogP contribution in [0.25, 0.3) is 22.4 Å². The van der Waals surface area contributed by atoms with Crippen molar-refractivity contribution in [2.45, 2.75) is 25.7 Å². The molecule has 0 radical (unpaired) electrons. The van der Waals surface area contributed by atoms with Crippen molar-refractivity contribution in [1.29, 1.82) is 0 Å². The number of imidazole rings is 1. The smallest absolute Gasteiger partial charge is 0.237 e. The van der Waals surface area contributed by atoms with Crippen molar-refractivity contribution in [3.8, 4) is 22.9 Å². The molecule has 0 atom stereocenters. The van der Waals surface area contributed by atoms with Gasteiger partial charge in [-0.3, -0.25) is 4.79 Å². The van der Waals surface area contributed by atoms with E-state index in [1.807, 2.05) is 67.3 Å². The van der Waals surface area contributed by atoms with Crippen LogP contribution in [0.3, 0.4) is 0 Å². The van der Waals surface area contributed by atoms with Crippen molar-refractivity contribution in [3.63, 3.8) is 0 Å². The van der Waals surface area contributed by atoms with Gasteiger partial charge in [-0.25, -0.2) is 4.98 Å². The third-order valence-electron chi connectivity index (χ3n) is 6.46. The number of methoxy groups -OCH3 is 2. The molecule has 168 valence electrons. The van der Waals surface area contributed by atoms with Gasteiger partial charge in [0, 0.05) is 12.1 Å². The van der Waals surface area contributed by atoms with Crippen molar-refractivity contribution in [2.75, 3.05) is 25.7 Å². The Morgan fingerprint density at radius 2 is 1.73 bits per heavy atom. The highest BCUT2D eigenvalue weighted by atomic mass is 16.5. The van der Waals surface area contributed by atoms with Crippen LogP contribution in [0.1, 0.15) is 25.0 Å². The van der Waals surface area contributed by atoms with Gasteiger partial charge < -0.3 is 19.4 Å². The molecule has 2 heterocycles. The molecule has 5 rings (SSSR count). The number of H-pyrrole nitrogens is 1. The van der Waals surface area contributed by atoms with Crippen LogP contribution in [0.15, 0.2) is 60.7 Å². The molecule has 6 nitrogen and oxygen atoms in total. The highest BCUT2D eigenvalue weighted by molar-refractivity contribution is 6.09. The Kier molecular flexibility index (Phi) is 5.08. The van der Waals surface area contributed by atoms with E-state index in [2.05, 4.69) is 17.1 Å². The first-order chi connectivity index (χ1) is 15.9. The maximum absolute atomic E-state index is 13.3. The lowest BCUT2D eigenvalue weighted by Crippen LogP contribution is -2.37. The summed E-state index contributed by atoms with van der Waals surface area (Å²) < 4.78 is 10.6. The molecular weight excluding hydrogens is 414 g/mol. The molecule has 1 aliphatic rings. The maximum Gasteiger partial charge on any atom is 0.237 e. The first kappa shape index (κ1) is 21.1. The zero-order valence-electron chi connectivity index (χ0n) is 19.3. The van der Waals surface area contributed by atoms with Crippen molar-refractivity contribution in [2.24, 2.45) is 0 Å². The summed E-state index contributed by atoms with van der Waals surface area (Å²) in [6, 6.07) is 19.9. The van der Waals surface area contributed by atoms with Gasteiger partial charge in [0.05, 0.1) is 36.4 Å². The number of aromatic amines is 1. The Hall–Kier alpha value is -3.80. The number of anilines is 1. The summed E-state index contributed by atoms with van der Waals surface area (Å²) in [5.41, 5.74) is 5.26. The number of ether oxygens (including phenoxy) is 2. The molecule has 4 aromatic rings. The van der Waals surface area contributed by atoms with Gasteiger partial charge in [0.1, 0.15) is 17.3 Å². The van der Waals surface area contributed by atoms with Gasteiger partial charge in [-0.05, 0) is 79.9 Å². The minimum absolute atomic E-state index is 0.114. The van der Waals surface area contributed by atoms with Gasteiger partial charge in [0.25, 0.3) is 0 Å². The second kappa shape index (κ2) is 7.96. The number of nitrogens with zero attached hydrogens (tertiary/aromatic N) is 2. The molecule has 0 bridgehead atoms. The lowest BCUT2D eigenvalue weighted by Gasteiger charge is -2.20. The van der Waals surface area contributed by atoms with Crippen molar-refractivity contribution >= 4 is 22.6 Å². The third kappa shape index (κ3) is 3.61. The van der Waals surface area contributed by atoms with E-state index in [4.69, 9.17) is 14.5 Å². The fourth-order valence-electron chi connectivity index (χ4n) is 4.51. The third-order valence-corrected chi connectivity index (χ3v) is 6.46. The van der Waals surface area contributed by atoms with Gasteiger partial charge in [0.2, 0.25) is 5.91 Å². The number of carbonyl (C=O) groups is 1. The lowest BCUT2D eigenvalue weighted by molar-refractivity contribution is -0.122. The fourth-order valence-corrected chi connectivity index (χ4v) is 4.51. The van der Waals surface area contributed by atoms with Gasteiger partial charge in [0.15, 0.2) is 0 Å². The molecule has 0 saturated heterocycles. The quantitative estimate of drug-likeness (QED) is 0.451. The average molecular weight is 442 g/mol. The minimum atomic E-state index is -0.594. The van der Waals surface area contributed by atoms with Crippen molar-refractivity contribution < 1.29 is 14.3 Å². The number of fused-ring (bicyclic) bond motifs is 2. The molecule has 1 aliphatic heterocycles. The van der Waals surface area contributed by atoms with Crippen LogP contribution < -0.4 is 14.4 Å². The van der Waals surface area contributed by atoms with Gasteiger partial charge in [-0.15, -0.1) is 0 Å². The fraction of sp³-hybridized carbons (Fsp3) is 0.259. The molecule has 1 N–H and O–H groups in total. The summed E-state index contributed by atoms with van der Waals surface area (Å²) in [6.07, 6.45) is 0.744. The average Bonchev–Trinajstić information content (AvgIpc) is 3.33. The second-order valence-electron chi connectivity index (χ2n) is 8.88. The monoisotopic (exact) mass is 441 g/mol. The predicted molar refractivity (Wildman–Crippen MR) is 130 cm³/mol. The van der Waals surface area contributed by atoms with Crippen LogP contribution in [0.4, 0.5) is 5.69 Å². The van der Waals surface area contributed by atoms with Crippen LogP contribution in [-0.4, -0.2) is 36.6 Å². The minimum Gasteiger partial charge on any atom is -0.497 e. The molecule has 0 fully saturated rings.